The molecular formula is C18H23N5O. The fourth-order valence-electron chi connectivity index (χ4n) is 3.49. The van der Waals surface area contributed by atoms with Gasteiger partial charge in [-0.25, -0.2) is 9.97 Å². The van der Waals surface area contributed by atoms with E-state index in [2.05, 4.69) is 33.0 Å². The average Bonchev–Trinajstić information content (AvgIpc) is 2.76. The van der Waals surface area contributed by atoms with Gasteiger partial charge in [-0.15, -0.1) is 0 Å². The van der Waals surface area contributed by atoms with Gasteiger partial charge in [-0.05, 0) is 24.1 Å². The lowest BCUT2D eigenvalue weighted by atomic mass is 10.1. The number of carbonyl (C=O) groups excluding carboxylic acids is 1. The molecule has 3 heterocycles. The normalized spacial score (nSPS) is 20.2. The monoisotopic (exact) mass is 325 g/mol. The third kappa shape index (κ3) is 2.88. The standard InChI is InChI=1S/C18H23N5O/c1-14(24)21-9-11-23(12-10-21)18-19-13-15-5-7-22(16-3-2-4-16)8-6-17(15)20-18/h2-4,13H,5-12H2,1H3. The van der Waals surface area contributed by atoms with Crippen LogP contribution in [0.3, 0.4) is 0 Å². The van der Waals surface area contributed by atoms with Gasteiger partial charge in [0.2, 0.25) is 11.9 Å². The van der Waals surface area contributed by atoms with E-state index in [1.807, 2.05) is 11.1 Å². The number of hydrogen-bond donors (Lipinski definition) is 0. The molecule has 6 heteroatoms. The van der Waals surface area contributed by atoms with Gasteiger partial charge in [0.05, 0.1) is 5.69 Å². The predicted molar refractivity (Wildman–Crippen MR) is 92.7 cm³/mol. The molecule has 0 unspecified atom stereocenters. The summed E-state index contributed by atoms with van der Waals surface area (Å²) in [5.41, 5.74) is 3.78. The molecule has 0 bridgehead atoms. The molecule has 3 aliphatic rings. The number of anilines is 1. The van der Waals surface area contributed by atoms with Crippen LogP contribution < -0.4 is 4.90 Å². The van der Waals surface area contributed by atoms with Crippen LogP contribution in [0.1, 0.15) is 18.2 Å². The maximum absolute atomic E-state index is 11.4. The zero-order valence-corrected chi connectivity index (χ0v) is 14.1. The third-order valence-electron chi connectivity index (χ3n) is 5.12. The predicted octanol–water partition coefficient (Wildman–Crippen LogP) is 0.999. The Balaban J connectivity index is 1.45. The minimum Gasteiger partial charge on any atom is -0.371 e. The number of aromatic nitrogens is 2. The Bertz CT molecular complexity index is 703. The molecule has 1 aliphatic carbocycles. The van der Waals surface area contributed by atoms with Crippen LogP contribution in [0.15, 0.2) is 30.1 Å². The van der Waals surface area contributed by atoms with Crippen LogP contribution in [-0.4, -0.2) is 64.9 Å². The second-order valence-corrected chi connectivity index (χ2v) is 6.57. The van der Waals surface area contributed by atoms with Gasteiger partial charge >= 0.3 is 0 Å². The SMILES string of the molecule is CC(=O)N1CCN(c2ncc3c(n2)CCN(C2=CC=C2)CC3)CC1. The molecule has 0 aromatic carbocycles. The summed E-state index contributed by atoms with van der Waals surface area (Å²) in [4.78, 5) is 27.4. The number of nitrogens with zero attached hydrogens (tertiary/aromatic N) is 5. The van der Waals surface area contributed by atoms with E-state index in [-0.39, 0.29) is 5.91 Å². The van der Waals surface area contributed by atoms with Crippen LogP contribution in [0.5, 0.6) is 0 Å². The summed E-state index contributed by atoms with van der Waals surface area (Å²) in [6.45, 7) is 6.80. The summed E-state index contributed by atoms with van der Waals surface area (Å²) in [6.07, 6.45) is 10.4. The van der Waals surface area contributed by atoms with Gasteiger partial charge in [0.1, 0.15) is 0 Å². The number of carbonyl (C=O) groups is 1. The molecule has 126 valence electrons. The number of allylic oxidation sites excluding steroid dienone is 3. The van der Waals surface area contributed by atoms with Crippen LogP contribution in [-0.2, 0) is 17.6 Å². The van der Waals surface area contributed by atoms with E-state index in [0.29, 0.717) is 0 Å². The highest BCUT2D eigenvalue weighted by Gasteiger charge is 2.23. The van der Waals surface area contributed by atoms with Crippen molar-refractivity contribution in [2.75, 3.05) is 44.2 Å². The van der Waals surface area contributed by atoms with Crippen LogP contribution in [0.4, 0.5) is 5.95 Å². The van der Waals surface area contributed by atoms with E-state index in [1.165, 1.54) is 17.0 Å². The highest BCUT2D eigenvalue weighted by Crippen LogP contribution is 2.22. The fourth-order valence-corrected chi connectivity index (χ4v) is 3.49. The molecular weight excluding hydrogens is 302 g/mol. The smallest absolute Gasteiger partial charge is 0.225 e. The van der Waals surface area contributed by atoms with E-state index in [4.69, 9.17) is 4.98 Å². The van der Waals surface area contributed by atoms with E-state index in [9.17, 15) is 4.79 Å². The Labute approximate surface area is 142 Å². The van der Waals surface area contributed by atoms with Crippen molar-refractivity contribution in [1.82, 2.24) is 19.8 Å². The minimum atomic E-state index is 0.150. The first-order chi connectivity index (χ1) is 11.7. The number of piperazine rings is 1. The van der Waals surface area contributed by atoms with Gasteiger partial charge < -0.3 is 14.7 Å². The average molecular weight is 325 g/mol. The van der Waals surface area contributed by atoms with Crippen molar-refractivity contribution in [2.45, 2.75) is 19.8 Å². The Morgan fingerprint density at radius 1 is 1.04 bits per heavy atom. The van der Waals surface area contributed by atoms with Gasteiger partial charge in [-0.2, -0.15) is 0 Å². The maximum atomic E-state index is 11.4. The van der Waals surface area contributed by atoms with Gasteiger partial charge in [-0.3, -0.25) is 4.79 Å². The van der Waals surface area contributed by atoms with Crippen LogP contribution in [0.25, 0.3) is 0 Å². The number of amides is 1. The molecule has 2 aliphatic heterocycles. The summed E-state index contributed by atoms with van der Waals surface area (Å²) < 4.78 is 0. The molecule has 4 rings (SSSR count). The molecule has 0 N–H and O–H groups in total. The topological polar surface area (TPSA) is 52.6 Å². The molecule has 1 aromatic heterocycles. The maximum Gasteiger partial charge on any atom is 0.225 e. The van der Waals surface area contributed by atoms with E-state index < -0.39 is 0 Å². The highest BCUT2D eigenvalue weighted by atomic mass is 16.2. The van der Waals surface area contributed by atoms with Gasteiger partial charge in [0.15, 0.2) is 0 Å². The Morgan fingerprint density at radius 2 is 1.79 bits per heavy atom. The Hall–Kier alpha value is -2.37. The fraction of sp³-hybridized carbons (Fsp3) is 0.500. The molecule has 0 radical (unpaired) electrons. The van der Waals surface area contributed by atoms with Crippen LogP contribution in [0.2, 0.25) is 0 Å². The second kappa shape index (κ2) is 6.26. The molecule has 1 fully saturated rings. The molecule has 0 saturated carbocycles. The number of rotatable bonds is 2. The van der Waals surface area contributed by atoms with Gasteiger partial charge in [-0.1, -0.05) is 6.08 Å². The number of hydrogen-bond acceptors (Lipinski definition) is 5. The molecule has 24 heavy (non-hydrogen) atoms. The van der Waals surface area contributed by atoms with Crippen molar-refractivity contribution in [3.63, 3.8) is 0 Å². The van der Waals surface area contributed by atoms with Crippen molar-refractivity contribution < 1.29 is 4.79 Å². The lowest BCUT2D eigenvalue weighted by Gasteiger charge is -2.34. The molecule has 6 nitrogen and oxygen atoms in total. The molecule has 0 spiro atoms. The summed E-state index contributed by atoms with van der Waals surface area (Å²) in [5, 5.41) is 0. The van der Waals surface area contributed by atoms with Gasteiger partial charge in [0, 0.05) is 64.5 Å². The molecule has 1 aromatic rings. The summed E-state index contributed by atoms with van der Waals surface area (Å²) >= 11 is 0. The highest BCUT2D eigenvalue weighted by molar-refractivity contribution is 5.73. The molecule has 1 saturated heterocycles. The zero-order valence-electron chi connectivity index (χ0n) is 14.1. The van der Waals surface area contributed by atoms with Crippen LogP contribution in [0, 0.1) is 0 Å². The first-order valence-electron chi connectivity index (χ1n) is 8.69. The lowest BCUT2D eigenvalue weighted by molar-refractivity contribution is -0.129. The summed E-state index contributed by atoms with van der Waals surface area (Å²) in [7, 11) is 0. The van der Waals surface area contributed by atoms with Crippen molar-refractivity contribution in [1.29, 1.82) is 0 Å². The minimum absolute atomic E-state index is 0.150. The summed E-state index contributed by atoms with van der Waals surface area (Å²) in [6, 6.07) is 0. The van der Waals surface area contributed by atoms with Crippen molar-refractivity contribution in [2.24, 2.45) is 0 Å². The zero-order chi connectivity index (χ0) is 16.5. The van der Waals surface area contributed by atoms with Crippen molar-refractivity contribution in [3.8, 4) is 0 Å². The van der Waals surface area contributed by atoms with E-state index >= 15 is 0 Å². The van der Waals surface area contributed by atoms with Crippen molar-refractivity contribution >= 4 is 11.9 Å². The second-order valence-electron chi connectivity index (χ2n) is 6.57. The quantitative estimate of drug-likeness (QED) is 0.812. The van der Waals surface area contributed by atoms with Gasteiger partial charge in [0.25, 0.3) is 0 Å². The third-order valence-corrected chi connectivity index (χ3v) is 5.12. The van der Waals surface area contributed by atoms with Crippen LogP contribution >= 0.6 is 0 Å². The molecule has 1 amide bonds. The Morgan fingerprint density at radius 3 is 2.46 bits per heavy atom. The first kappa shape index (κ1) is 15.2. The van der Waals surface area contributed by atoms with E-state index in [0.717, 1.165) is 58.1 Å². The number of fused-ring (bicyclic) bond motifs is 1. The first-order valence-corrected chi connectivity index (χ1v) is 8.69. The van der Waals surface area contributed by atoms with E-state index in [1.54, 1.807) is 6.92 Å². The van der Waals surface area contributed by atoms with Crippen molar-refractivity contribution in [3.05, 3.63) is 41.4 Å². The lowest BCUT2D eigenvalue weighted by Crippen LogP contribution is -2.48. The molecule has 0 atom stereocenters. The Kier molecular flexibility index (Phi) is 3.96. The summed E-state index contributed by atoms with van der Waals surface area (Å²) in [5.74, 6) is 0.963. The largest absolute Gasteiger partial charge is 0.371 e.